The molecule has 1 unspecified atom stereocenters. The van der Waals surface area contributed by atoms with Crippen molar-refractivity contribution in [2.75, 3.05) is 19.8 Å². The molecule has 3 aliphatic heterocycles. The number of aliphatic hydroxyl groups is 7. The first-order chi connectivity index (χ1) is 27.0. The zero-order valence-corrected chi connectivity index (χ0v) is 35.6. The summed E-state index contributed by atoms with van der Waals surface area (Å²) in [6.45, 7) is 16.8. The fourth-order valence-corrected chi connectivity index (χ4v) is 14.5. The molecular weight excluding hydrogens is 752 g/mol. The lowest BCUT2D eigenvalue weighted by Crippen LogP contribution is -2.72. The molecule has 2 bridgehead atoms. The van der Waals surface area contributed by atoms with Crippen molar-refractivity contribution in [3.8, 4) is 0 Å². The van der Waals surface area contributed by atoms with Crippen LogP contribution in [-0.4, -0.2) is 141 Å². The van der Waals surface area contributed by atoms with Gasteiger partial charge in [0.15, 0.2) is 12.6 Å². The van der Waals surface area contributed by atoms with Crippen molar-refractivity contribution in [2.45, 2.75) is 186 Å². The second-order valence-electron chi connectivity index (χ2n) is 21.6. The maximum Gasteiger partial charge on any atom is 0.302 e. The molecule has 1 spiro atoms. The Labute approximate surface area is 342 Å². The molecule has 0 aromatic rings. The number of hydrogen-bond donors (Lipinski definition) is 7. The van der Waals surface area contributed by atoms with Crippen molar-refractivity contribution >= 4 is 5.97 Å². The largest absolute Gasteiger partial charge is 0.463 e. The lowest BCUT2D eigenvalue weighted by atomic mass is 9.32. The van der Waals surface area contributed by atoms with Gasteiger partial charge >= 0.3 is 5.97 Å². The summed E-state index contributed by atoms with van der Waals surface area (Å²) >= 11 is 0. The summed E-state index contributed by atoms with van der Waals surface area (Å²) in [6.07, 6.45) is -3.78. The average Bonchev–Trinajstić information content (AvgIpc) is 3.44. The highest BCUT2D eigenvalue weighted by molar-refractivity contribution is 5.65. The van der Waals surface area contributed by atoms with E-state index in [2.05, 4.69) is 53.7 Å². The van der Waals surface area contributed by atoms with Gasteiger partial charge in [-0.1, -0.05) is 53.7 Å². The molecular formula is C44H70O14. The fourth-order valence-electron chi connectivity index (χ4n) is 14.5. The molecule has 7 fully saturated rings. The number of allylic oxidation sites excluding steroid dienone is 1. The molecule has 8 rings (SSSR count). The highest BCUT2D eigenvalue weighted by Crippen LogP contribution is 2.79. The van der Waals surface area contributed by atoms with E-state index in [-0.39, 0.29) is 51.4 Å². The summed E-state index contributed by atoms with van der Waals surface area (Å²) in [5.41, 5.74) is -1.98. The summed E-state index contributed by atoms with van der Waals surface area (Å²) in [5.74, 6) is -0.223. The Kier molecular flexibility index (Phi) is 10.8. The number of aliphatic hydroxyl groups excluding tert-OH is 7. The van der Waals surface area contributed by atoms with Crippen LogP contribution in [0.5, 0.6) is 0 Å². The Hall–Kier alpha value is -1.27. The number of carbonyl (C=O) groups is 1. The van der Waals surface area contributed by atoms with Gasteiger partial charge in [-0.15, -0.1) is 0 Å². The zero-order valence-electron chi connectivity index (χ0n) is 35.6. The maximum absolute atomic E-state index is 12.2. The Bertz CT molecular complexity index is 1610. The van der Waals surface area contributed by atoms with Crippen LogP contribution in [-0.2, 0) is 33.2 Å². The summed E-state index contributed by atoms with van der Waals surface area (Å²) in [6, 6.07) is 0. The number of rotatable bonds is 7. The molecule has 4 saturated carbocycles. The Morgan fingerprint density at radius 1 is 0.793 bits per heavy atom. The van der Waals surface area contributed by atoms with Crippen LogP contribution in [0.3, 0.4) is 0 Å². The molecule has 5 aliphatic carbocycles. The smallest absolute Gasteiger partial charge is 0.302 e. The number of esters is 1. The predicted octanol–water partition coefficient (Wildman–Crippen LogP) is 2.35. The first kappa shape index (κ1) is 43.4. The van der Waals surface area contributed by atoms with Gasteiger partial charge in [-0.2, -0.15) is 0 Å². The first-order valence-electron chi connectivity index (χ1n) is 21.8. The van der Waals surface area contributed by atoms with Crippen molar-refractivity contribution < 1.29 is 69.0 Å². The molecule has 21 atom stereocenters. The molecule has 0 aromatic carbocycles. The highest BCUT2D eigenvalue weighted by atomic mass is 16.7. The van der Waals surface area contributed by atoms with Gasteiger partial charge in [0.25, 0.3) is 0 Å². The molecule has 14 nitrogen and oxygen atoms in total. The normalized spacial score (nSPS) is 57.1. The van der Waals surface area contributed by atoms with E-state index in [4.69, 9.17) is 28.4 Å². The molecule has 8 aliphatic rings. The minimum Gasteiger partial charge on any atom is -0.463 e. The van der Waals surface area contributed by atoms with E-state index in [1.54, 1.807) is 6.92 Å². The van der Waals surface area contributed by atoms with Crippen LogP contribution < -0.4 is 0 Å². The van der Waals surface area contributed by atoms with Crippen LogP contribution in [0.25, 0.3) is 0 Å². The molecule has 58 heavy (non-hydrogen) atoms. The monoisotopic (exact) mass is 822 g/mol. The highest BCUT2D eigenvalue weighted by Gasteiger charge is 2.79. The van der Waals surface area contributed by atoms with Crippen LogP contribution in [0.2, 0.25) is 0 Å². The van der Waals surface area contributed by atoms with Gasteiger partial charge in [0.2, 0.25) is 0 Å². The van der Waals surface area contributed by atoms with E-state index in [0.717, 1.165) is 38.5 Å². The molecule has 0 radical (unpaired) electrons. The van der Waals surface area contributed by atoms with Gasteiger partial charge in [-0.25, -0.2) is 0 Å². The first-order valence-corrected chi connectivity index (χ1v) is 21.8. The molecule has 14 heteroatoms. The minimum atomic E-state index is -1.76. The number of hydrogen-bond acceptors (Lipinski definition) is 14. The van der Waals surface area contributed by atoms with Gasteiger partial charge in [0.05, 0.1) is 37.1 Å². The second kappa shape index (κ2) is 14.4. The number of ether oxygens (including phenoxy) is 6. The van der Waals surface area contributed by atoms with Crippen LogP contribution in [0, 0.1) is 50.2 Å². The van der Waals surface area contributed by atoms with Crippen molar-refractivity contribution in [1.82, 2.24) is 0 Å². The number of fused-ring (bicyclic) bond motifs is 4. The molecule has 3 saturated heterocycles. The summed E-state index contributed by atoms with van der Waals surface area (Å²) < 4.78 is 36.5. The quantitative estimate of drug-likeness (QED) is 0.112. The third-order valence-electron chi connectivity index (χ3n) is 18.2. The topological polar surface area (TPSA) is 214 Å². The third kappa shape index (κ3) is 5.97. The summed E-state index contributed by atoms with van der Waals surface area (Å²) in [4.78, 5) is 11.4. The van der Waals surface area contributed by atoms with Crippen LogP contribution >= 0.6 is 0 Å². The second-order valence-corrected chi connectivity index (χ2v) is 21.6. The van der Waals surface area contributed by atoms with Gasteiger partial charge in [0, 0.05) is 29.1 Å². The van der Waals surface area contributed by atoms with Crippen molar-refractivity contribution in [2.24, 2.45) is 50.2 Å². The van der Waals surface area contributed by atoms with Gasteiger partial charge in [-0.05, 0) is 86.4 Å². The van der Waals surface area contributed by atoms with E-state index in [0.29, 0.717) is 19.4 Å². The van der Waals surface area contributed by atoms with Crippen molar-refractivity contribution in [3.63, 3.8) is 0 Å². The minimum absolute atomic E-state index is 0.0264. The van der Waals surface area contributed by atoms with Gasteiger partial charge < -0.3 is 64.2 Å². The van der Waals surface area contributed by atoms with E-state index in [1.807, 2.05) is 0 Å². The lowest BCUT2D eigenvalue weighted by Gasteiger charge is -2.73. The molecule has 0 aromatic heterocycles. The van der Waals surface area contributed by atoms with Crippen molar-refractivity contribution in [1.29, 1.82) is 0 Å². The molecule has 0 amide bonds. The molecule has 330 valence electrons. The predicted molar refractivity (Wildman–Crippen MR) is 206 cm³/mol. The van der Waals surface area contributed by atoms with Crippen LogP contribution in [0.15, 0.2) is 12.2 Å². The van der Waals surface area contributed by atoms with Crippen molar-refractivity contribution in [3.05, 3.63) is 12.2 Å². The zero-order chi connectivity index (χ0) is 42.2. The Morgan fingerprint density at radius 3 is 2.19 bits per heavy atom. The maximum atomic E-state index is 12.2. The third-order valence-corrected chi connectivity index (χ3v) is 18.2. The molecule has 7 N–H and O–H groups in total. The van der Waals surface area contributed by atoms with Crippen LogP contribution in [0.4, 0.5) is 0 Å². The van der Waals surface area contributed by atoms with E-state index in [9.17, 15) is 40.5 Å². The Morgan fingerprint density at radius 2 is 1.50 bits per heavy atom. The van der Waals surface area contributed by atoms with Gasteiger partial charge in [0.1, 0.15) is 49.3 Å². The lowest BCUT2D eigenvalue weighted by molar-refractivity contribution is -0.367. The number of carbonyl (C=O) groups excluding carboxylic acids is 1. The standard InChI is InChI=1S/C44H70O14/c1-22-30(48)35(58-36-33(51)32(50)31(49)24(56-36)19-53-23(2)46)34(52)37(55-22)57-29-11-12-39(5)25(40(29,6)20-45)9-13-41(7)26(39)10-14-44-27-17-38(3,4)15-16-43(27,21-54-44)28(47)18-42(41,44)8/h10,14,22,24-37,45,47-52H,9,11-13,15-21H2,1-8H3/t22-,24-,25-,26-,27-,28+,29+,30+,31-,32+,33-,34-,35+,36+,37?,39+,40+,41-,42+,43-,44+/m1/s1. The van der Waals surface area contributed by atoms with Crippen LogP contribution in [0.1, 0.15) is 107 Å². The van der Waals surface area contributed by atoms with E-state index < -0.39 is 97.2 Å². The molecule has 3 heterocycles. The Balaban J connectivity index is 1.03. The summed E-state index contributed by atoms with van der Waals surface area (Å²) in [7, 11) is 0. The van der Waals surface area contributed by atoms with E-state index >= 15 is 0 Å². The van der Waals surface area contributed by atoms with E-state index in [1.165, 1.54) is 6.92 Å². The van der Waals surface area contributed by atoms with Gasteiger partial charge in [-0.3, -0.25) is 4.79 Å². The fraction of sp³-hybridized carbons (Fsp3) is 0.932. The average molecular weight is 823 g/mol. The SMILES string of the molecule is CC(=O)OC[C@H]1O[C@@H](O[C@H]2[C@@H](O)[C@@H](C)OC(O[C@H]3CC[C@@]4(C)[C@@H](CC[C@]5(C)[C@@H]4C=C[C@]46OC[C@@]7(CCC(C)(C)C[C@H]74)[C@@H](O)C[C@]65C)[C@]3(C)CO)[C@@H]2O)[C@H](O)[C@@H](O)[C@@H]1O. The summed E-state index contributed by atoms with van der Waals surface area (Å²) in [5, 5.41) is 78.2.